The molecule has 0 aliphatic carbocycles. The van der Waals surface area contributed by atoms with Gasteiger partial charge >= 0.3 is 0 Å². The van der Waals surface area contributed by atoms with Crippen LogP contribution in [0.3, 0.4) is 0 Å². The summed E-state index contributed by atoms with van der Waals surface area (Å²) in [5, 5.41) is 4.35. The highest BCUT2D eigenvalue weighted by molar-refractivity contribution is 6.33. The Kier molecular flexibility index (Phi) is 5.44. The molecule has 3 rings (SSSR count). The van der Waals surface area contributed by atoms with Crippen molar-refractivity contribution in [2.45, 2.75) is 0 Å². The summed E-state index contributed by atoms with van der Waals surface area (Å²) in [4.78, 5) is 12.0. The molecule has 0 aliphatic rings. The van der Waals surface area contributed by atoms with Crippen LogP contribution in [0.4, 0.5) is 0 Å². The van der Waals surface area contributed by atoms with E-state index in [0.29, 0.717) is 16.3 Å². The Labute approximate surface area is 150 Å². The fraction of sp³-hybridized carbons (Fsp3) is 0. The molecule has 3 aromatic carbocycles. The SMILES string of the molecule is O=C(N/N=C/c1cccc(Oc2ccccc2)c1)c1ccccc1Cl. The van der Waals surface area contributed by atoms with Crippen LogP contribution in [-0.4, -0.2) is 12.1 Å². The maximum atomic E-state index is 12.0. The molecule has 0 fully saturated rings. The number of carbonyl (C=O) groups is 1. The Morgan fingerprint density at radius 3 is 2.44 bits per heavy atom. The lowest BCUT2D eigenvalue weighted by atomic mass is 10.2. The highest BCUT2D eigenvalue weighted by Gasteiger charge is 2.07. The first-order valence-electron chi connectivity index (χ1n) is 7.63. The molecule has 3 aromatic rings. The Hall–Kier alpha value is -3.11. The molecule has 25 heavy (non-hydrogen) atoms. The second-order valence-corrected chi connectivity index (χ2v) is 5.57. The summed E-state index contributed by atoms with van der Waals surface area (Å²) in [6.07, 6.45) is 1.55. The second-order valence-electron chi connectivity index (χ2n) is 5.17. The van der Waals surface area contributed by atoms with E-state index in [-0.39, 0.29) is 5.91 Å². The van der Waals surface area contributed by atoms with Crippen molar-refractivity contribution in [3.8, 4) is 11.5 Å². The van der Waals surface area contributed by atoms with Crippen LogP contribution in [0.25, 0.3) is 0 Å². The van der Waals surface area contributed by atoms with Crippen LogP contribution in [-0.2, 0) is 0 Å². The zero-order chi connectivity index (χ0) is 17.5. The lowest BCUT2D eigenvalue weighted by molar-refractivity contribution is 0.0955. The number of carbonyl (C=O) groups excluding carboxylic acids is 1. The molecule has 0 aromatic heterocycles. The fourth-order valence-electron chi connectivity index (χ4n) is 2.15. The number of hydrazone groups is 1. The molecule has 5 heteroatoms. The molecule has 1 N–H and O–H groups in total. The summed E-state index contributed by atoms with van der Waals surface area (Å²) in [7, 11) is 0. The van der Waals surface area contributed by atoms with Gasteiger partial charge in [0.15, 0.2) is 0 Å². The van der Waals surface area contributed by atoms with Crippen molar-refractivity contribution in [2.75, 3.05) is 0 Å². The van der Waals surface area contributed by atoms with Gasteiger partial charge in [0, 0.05) is 0 Å². The number of para-hydroxylation sites is 1. The van der Waals surface area contributed by atoms with E-state index in [1.807, 2.05) is 54.6 Å². The van der Waals surface area contributed by atoms with E-state index in [9.17, 15) is 4.79 Å². The molecule has 0 spiro atoms. The minimum atomic E-state index is -0.362. The lowest BCUT2D eigenvalue weighted by Gasteiger charge is -2.06. The highest BCUT2D eigenvalue weighted by Crippen LogP contribution is 2.21. The van der Waals surface area contributed by atoms with Gasteiger partial charge in [0.25, 0.3) is 5.91 Å². The van der Waals surface area contributed by atoms with Gasteiger partial charge in [0.2, 0.25) is 0 Å². The molecule has 0 saturated heterocycles. The van der Waals surface area contributed by atoms with Crippen LogP contribution in [0.5, 0.6) is 11.5 Å². The van der Waals surface area contributed by atoms with Crippen LogP contribution >= 0.6 is 11.6 Å². The van der Waals surface area contributed by atoms with Crippen molar-refractivity contribution in [2.24, 2.45) is 5.10 Å². The molecule has 124 valence electrons. The average Bonchev–Trinajstić information content (AvgIpc) is 2.63. The number of halogens is 1. The van der Waals surface area contributed by atoms with Gasteiger partial charge in [-0.15, -0.1) is 0 Å². The molecule has 0 atom stereocenters. The Balaban J connectivity index is 1.65. The van der Waals surface area contributed by atoms with Crippen LogP contribution < -0.4 is 10.2 Å². The summed E-state index contributed by atoms with van der Waals surface area (Å²) in [5.41, 5.74) is 3.64. The molecular weight excluding hydrogens is 336 g/mol. The second kappa shape index (κ2) is 8.13. The zero-order valence-corrected chi connectivity index (χ0v) is 14.0. The van der Waals surface area contributed by atoms with Crippen LogP contribution in [0.1, 0.15) is 15.9 Å². The normalized spacial score (nSPS) is 10.6. The minimum Gasteiger partial charge on any atom is -0.457 e. The summed E-state index contributed by atoms with van der Waals surface area (Å²) in [6.45, 7) is 0. The van der Waals surface area contributed by atoms with E-state index >= 15 is 0 Å². The van der Waals surface area contributed by atoms with Gasteiger partial charge in [-0.3, -0.25) is 4.79 Å². The van der Waals surface area contributed by atoms with Gasteiger partial charge < -0.3 is 4.74 Å². The number of nitrogens with one attached hydrogen (secondary N) is 1. The number of hydrogen-bond donors (Lipinski definition) is 1. The standard InChI is InChI=1S/C20H15ClN2O2/c21-19-12-5-4-11-18(19)20(24)23-22-14-15-7-6-10-17(13-15)25-16-8-2-1-3-9-16/h1-14H,(H,23,24)/b22-14+. The minimum absolute atomic E-state index is 0.362. The van der Waals surface area contributed by atoms with Crippen molar-refractivity contribution in [3.63, 3.8) is 0 Å². The van der Waals surface area contributed by atoms with Gasteiger partial charge in [-0.2, -0.15) is 5.10 Å². The Morgan fingerprint density at radius 1 is 0.920 bits per heavy atom. The molecule has 4 nitrogen and oxygen atoms in total. The molecule has 0 radical (unpaired) electrons. The number of amides is 1. The van der Waals surface area contributed by atoms with Crippen molar-refractivity contribution in [1.29, 1.82) is 0 Å². The first-order valence-corrected chi connectivity index (χ1v) is 8.01. The maximum absolute atomic E-state index is 12.0. The summed E-state index contributed by atoms with van der Waals surface area (Å²) in [6, 6.07) is 23.7. The van der Waals surface area contributed by atoms with E-state index in [1.54, 1.807) is 30.5 Å². The highest BCUT2D eigenvalue weighted by atomic mass is 35.5. The third-order valence-corrected chi connectivity index (χ3v) is 3.66. The van der Waals surface area contributed by atoms with Gasteiger partial charge in [-0.05, 0) is 42.0 Å². The number of rotatable bonds is 5. The predicted octanol–water partition coefficient (Wildman–Crippen LogP) is 4.90. The average molecular weight is 351 g/mol. The van der Waals surface area contributed by atoms with Crippen molar-refractivity contribution in [1.82, 2.24) is 5.43 Å². The fourth-order valence-corrected chi connectivity index (χ4v) is 2.38. The van der Waals surface area contributed by atoms with E-state index in [0.717, 1.165) is 11.3 Å². The number of hydrogen-bond acceptors (Lipinski definition) is 3. The molecular formula is C20H15ClN2O2. The Morgan fingerprint density at radius 2 is 1.64 bits per heavy atom. The molecule has 0 aliphatic heterocycles. The zero-order valence-electron chi connectivity index (χ0n) is 13.2. The van der Waals surface area contributed by atoms with E-state index in [2.05, 4.69) is 10.5 Å². The van der Waals surface area contributed by atoms with Gasteiger partial charge in [0.1, 0.15) is 11.5 Å². The topological polar surface area (TPSA) is 50.7 Å². The summed E-state index contributed by atoms with van der Waals surface area (Å²) >= 11 is 5.98. The molecule has 1 amide bonds. The third-order valence-electron chi connectivity index (χ3n) is 3.34. The summed E-state index contributed by atoms with van der Waals surface area (Å²) in [5.74, 6) is 1.08. The predicted molar refractivity (Wildman–Crippen MR) is 99.5 cm³/mol. The lowest BCUT2D eigenvalue weighted by Crippen LogP contribution is -2.17. The van der Waals surface area contributed by atoms with Crippen molar-refractivity contribution in [3.05, 3.63) is 95.0 Å². The Bertz CT molecular complexity index is 895. The van der Waals surface area contributed by atoms with E-state index in [4.69, 9.17) is 16.3 Å². The number of ether oxygens (including phenoxy) is 1. The first kappa shape index (κ1) is 16.7. The third kappa shape index (κ3) is 4.68. The maximum Gasteiger partial charge on any atom is 0.272 e. The van der Waals surface area contributed by atoms with E-state index < -0.39 is 0 Å². The van der Waals surface area contributed by atoms with E-state index in [1.165, 1.54) is 0 Å². The van der Waals surface area contributed by atoms with Crippen molar-refractivity contribution < 1.29 is 9.53 Å². The van der Waals surface area contributed by atoms with Crippen molar-refractivity contribution >= 4 is 23.7 Å². The largest absolute Gasteiger partial charge is 0.457 e. The molecule has 0 unspecified atom stereocenters. The van der Waals surface area contributed by atoms with Crippen LogP contribution in [0, 0.1) is 0 Å². The quantitative estimate of drug-likeness (QED) is 0.525. The molecule has 0 heterocycles. The smallest absolute Gasteiger partial charge is 0.272 e. The van der Waals surface area contributed by atoms with Gasteiger partial charge in [-0.25, -0.2) is 5.43 Å². The monoisotopic (exact) mass is 350 g/mol. The van der Waals surface area contributed by atoms with Crippen LogP contribution in [0.2, 0.25) is 5.02 Å². The van der Waals surface area contributed by atoms with Crippen LogP contribution in [0.15, 0.2) is 84.0 Å². The van der Waals surface area contributed by atoms with Gasteiger partial charge in [0.05, 0.1) is 16.8 Å². The number of nitrogens with zero attached hydrogens (tertiary/aromatic N) is 1. The molecule has 0 bridgehead atoms. The molecule has 0 saturated carbocycles. The first-order chi connectivity index (χ1) is 12.2. The number of benzene rings is 3. The summed E-state index contributed by atoms with van der Waals surface area (Å²) < 4.78 is 5.77. The van der Waals surface area contributed by atoms with Gasteiger partial charge in [-0.1, -0.05) is 54.1 Å².